The van der Waals surface area contributed by atoms with E-state index in [0.29, 0.717) is 24.2 Å². The molecule has 8 heteroatoms. The lowest BCUT2D eigenvalue weighted by atomic mass is 9.99. The fourth-order valence-electron chi connectivity index (χ4n) is 6.48. The summed E-state index contributed by atoms with van der Waals surface area (Å²) in [5, 5.41) is 5.96. The van der Waals surface area contributed by atoms with Crippen molar-refractivity contribution in [2.75, 3.05) is 36.2 Å². The fourth-order valence-corrected chi connectivity index (χ4v) is 6.48. The van der Waals surface area contributed by atoms with Gasteiger partial charge in [-0.25, -0.2) is 9.67 Å². The molecule has 0 saturated carbocycles. The predicted octanol–water partition coefficient (Wildman–Crippen LogP) is 4.28. The third kappa shape index (κ3) is 4.07. The van der Waals surface area contributed by atoms with E-state index in [1.54, 1.807) is 0 Å². The second kappa shape index (κ2) is 9.28. The van der Waals surface area contributed by atoms with E-state index in [9.17, 15) is 0 Å². The van der Waals surface area contributed by atoms with E-state index in [1.807, 2.05) is 10.9 Å². The van der Waals surface area contributed by atoms with Crippen molar-refractivity contribution in [2.45, 2.75) is 102 Å². The lowest BCUT2D eigenvalue weighted by Gasteiger charge is -2.41. The highest BCUT2D eigenvalue weighted by Gasteiger charge is 2.39. The van der Waals surface area contributed by atoms with Crippen molar-refractivity contribution in [1.82, 2.24) is 14.8 Å². The number of nitrogens with zero attached hydrogens (tertiary/aromatic N) is 5. The number of hydrogen-bond acceptors (Lipinski definition) is 7. The first-order valence-electron chi connectivity index (χ1n) is 13.4. The molecule has 0 spiro atoms. The van der Waals surface area contributed by atoms with E-state index in [1.165, 1.54) is 24.9 Å². The van der Waals surface area contributed by atoms with Gasteiger partial charge in [-0.2, -0.15) is 5.10 Å². The van der Waals surface area contributed by atoms with E-state index in [2.05, 4.69) is 36.6 Å². The summed E-state index contributed by atoms with van der Waals surface area (Å²) in [6.45, 7) is 9.97. The Labute approximate surface area is 202 Å². The molecule has 4 saturated heterocycles. The molecule has 0 N–H and O–H groups in total. The molecule has 5 atom stereocenters. The van der Waals surface area contributed by atoms with Crippen LogP contribution in [0.3, 0.4) is 0 Å². The van der Waals surface area contributed by atoms with Crippen LogP contribution in [0.15, 0.2) is 12.3 Å². The molecule has 4 unspecified atom stereocenters. The predicted molar refractivity (Wildman–Crippen MR) is 133 cm³/mol. The molecule has 0 radical (unpaired) electrons. The van der Waals surface area contributed by atoms with Gasteiger partial charge >= 0.3 is 0 Å². The molecular weight excluding hydrogens is 430 g/mol. The van der Waals surface area contributed by atoms with Crippen molar-refractivity contribution in [3.05, 3.63) is 12.3 Å². The van der Waals surface area contributed by atoms with Gasteiger partial charge in [-0.3, -0.25) is 0 Å². The minimum absolute atomic E-state index is 0.0223. The van der Waals surface area contributed by atoms with Crippen molar-refractivity contribution < 1.29 is 14.2 Å². The highest BCUT2D eigenvalue weighted by molar-refractivity contribution is 5.92. The van der Waals surface area contributed by atoms with Crippen LogP contribution in [0.2, 0.25) is 0 Å². The molecule has 8 nitrogen and oxygen atoms in total. The maximum atomic E-state index is 6.18. The van der Waals surface area contributed by atoms with Gasteiger partial charge in [0, 0.05) is 25.3 Å². The van der Waals surface area contributed by atoms with Crippen molar-refractivity contribution in [2.24, 2.45) is 0 Å². The number of aromatic nitrogens is 3. The first-order chi connectivity index (χ1) is 16.6. The SMILES string of the molecule is CC(C)OC1CCN(c2cc(N3C4CCC3COC4)nc3c2cnn3C2CCCCO2)[C@H](C)C1. The van der Waals surface area contributed by atoms with Crippen LogP contribution in [0.25, 0.3) is 11.0 Å². The second-order valence-electron chi connectivity index (χ2n) is 10.9. The minimum Gasteiger partial charge on any atom is -0.377 e. The van der Waals surface area contributed by atoms with Crippen LogP contribution in [0.5, 0.6) is 0 Å². The van der Waals surface area contributed by atoms with Gasteiger partial charge in [-0.15, -0.1) is 0 Å². The Morgan fingerprint density at radius 2 is 1.91 bits per heavy atom. The molecule has 2 bridgehead atoms. The van der Waals surface area contributed by atoms with Crippen molar-refractivity contribution in [3.8, 4) is 0 Å². The maximum Gasteiger partial charge on any atom is 0.164 e. The highest BCUT2D eigenvalue weighted by Crippen LogP contribution is 2.40. The van der Waals surface area contributed by atoms with Gasteiger partial charge in [-0.1, -0.05) is 0 Å². The molecular formula is C26H39N5O3. The third-order valence-corrected chi connectivity index (χ3v) is 8.07. The molecule has 2 aromatic heterocycles. The molecule has 2 aromatic rings. The molecule has 6 rings (SSSR count). The van der Waals surface area contributed by atoms with E-state index in [4.69, 9.17) is 24.3 Å². The van der Waals surface area contributed by atoms with Crippen LogP contribution in [-0.2, 0) is 14.2 Å². The zero-order valence-corrected chi connectivity index (χ0v) is 20.9. The van der Waals surface area contributed by atoms with E-state index in [0.717, 1.165) is 68.9 Å². The maximum absolute atomic E-state index is 6.18. The summed E-state index contributed by atoms with van der Waals surface area (Å²) in [5.41, 5.74) is 2.21. The normalized spacial score (nSPS) is 32.2. The van der Waals surface area contributed by atoms with Gasteiger partial charge in [0.1, 0.15) is 5.82 Å². The van der Waals surface area contributed by atoms with E-state index in [-0.39, 0.29) is 12.3 Å². The molecule has 6 heterocycles. The number of piperidine rings is 1. The summed E-state index contributed by atoms with van der Waals surface area (Å²) in [6.07, 6.45) is 10.3. The Morgan fingerprint density at radius 1 is 1.09 bits per heavy atom. The van der Waals surface area contributed by atoms with Gasteiger partial charge in [0.2, 0.25) is 0 Å². The standard InChI is InChI=1S/C26H39N5O3/c1-17(2)34-21-9-10-29(18(3)12-21)23-13-24(30-19-7-8-20(30)16-32-15-19)28-26-22(23)14-27-31(26)25-6-4-5-11-33-25/h13-14,17-21,25H,4-12,15-16H2,1-3H3/t18-,19?,20?,21?,25?/m1/s1. The lowest BCUT2D eigenvalue weighted by molar-refractivity contribution is -0.0370. The lowest BCUT2D eigenvalue weighted by Crippen LogP contribution is -2.47. The van der Waals surface area contributed by atoms with Crippen LogP contribution in [0, 0.1) is 0 Å². The van der Waals surface area contributed by atoms with Gasteiger partial charge < -0.3 is 24.0 Å². The van der Waals surface area contributed by atoms with Crippen molar-refractivity contribution >= 4 is 22.5 Å². The molecule has 0 aromatic carbocycles. The summed E-state index contributed by atoms with van der Waals surface area (Å²) < 4.78 is 20.2. The highest BCUT2D eigenvalue weighted by atomic mass is 16.5. The van der Waals surface area contributed by atoms with Crippen molar-refractivity contribution in [1.29, 1.82) is 0 Å². The quantitative estimate of drug-likeness (QED) is 0.648. The van der Waals surface area contributed by atoms with Crippen LogP contribution >= 0.6 is 0 Å². The van der Waals surface area contributed by atoms with Crippen LogP contribution in [0.4, 0.5) is 11.5 Å². The molecule has 34 heavy (non-hydrogen) atoms. The number of rotatable bonds is 5. The van der Waals surface area contributed by atoms with Gasteiger partial charge in [-0.05, 0) is 65.7 Å². The molecule has 4 fully saturated rings. The van der Waals surface area contributed by atoms with Gasteiger partial charge in [0.15, 0.2) is 11.9 Å². The van der Waals surface area contributed by atoms with Gasteiger partial charge in [0.25, 0.3) is 0 Å². The van der Waals surface area contributed by atoms with E-state index < -0.39 is 0 Å². The molecule has 4 aliphatic rings. The largest absolute Gasteiger partial charge is 0.377 e. The van der Waals surface area contributed by atoms with E-state index >= 15 is 0 Å². The van der Waals surface area contributed by atoms with Crippen LogP contribution in [-0.4, -0.2) is 71.5 Å². The molecule has 0 amide bonds. The molecule has 0 aliphatic carbocycles. The zero-order valence-electron chi connectivity index (χ0n) is 20.9. The van der Waals surface area contributed by atoms with Crippen LogP contribution in [0.1, 0.15) is 71.9 Å². The number of ether oxygens (including phenoxy) is 3. The second-order valence-corrected chi connectivity index (χ2v) is 10.9. The third-order valence-electron chi connectivity index (χ3n) is 8.07. The number of anilines is 2. The minimum atomic E-state index is -0.0223. The summed E-state index contributed by atoms with van der Waals surface area (Å²) in [4.78, 5) is 10.3. The summed E-state index contributed by atoms with van der Waals surface area (Å²) in [6, 6.07) is 3.56. The molecule has 186 valence electrons. The first kappa shape index (κ1) is 22.6. The Hall–Kier alpha value is -1.90. The molecule has 4 aliphatic heterocycles. The average Bonchev–Trinajstić information content (AvgIpc) is 3.36. The van der Waals surface area contributed by atoms with Crippen molar-refractivity contribution in [3.63, 3.8) is 0 Å². The van der Waals surface area contributed by atoms with Crippen LogP contribution < -0.4 is 9.80 Å². The number of morpholine rings is 1. The smallest absolute Gasteiger partial charge is 0.164 e. The fraction of sp³-hybridized carbons (Fsp3) is 0.769. The Morgan fingerprint density at radius 3 is 2.62 bits per heavy atom. The number of fused-ring (bicyclic) bond motifs is 3. The number of hydrogen-bond donors (Lipinski definition) is 0. The Bertz CT molecular complexity index is 988. The first-order valence-corrected chi connectivity index (χ1v) is 13.4. The Kier molecular flexibility index (Phi) is 6.16. The summed E-state index contributed by atoms with van der Waals surface area (Å²) in [5.74, 6) is 1.07. The monoisotopic (exact) mass is 469 g/mol. The zero-order chi connectivity index (χ0) is 23.2. The summed E-state index contributed by atoms with van der Waals surface area (Å²) >= 11 is 0. The average molecular weight is 470 g/mol. The Balaban J connectivity index is 1.40. The topological polar surface area (TPSA) is 64.9 Å². The number of pyridine rings is 1. The summed E-state index contributed by atoms with van der Waals surface area (Å²) in [7, 11) is 0. The van der Waals surface area contributed by atoms with Gasteiger partial charge in [0.05, 0.1) is 54.8 Å².